The lowest BCUT2D eigenvalue weighted by molar-refractivity contribution is -0.133. The van der Waals surface area contributed by atoms with E-state index in [1.54, 1.807) is 13.1 Å². The van der Waals surface area contributed by atoms with E-state index < -0.39 is 5.97 Å². The molecule has 0 aromatic heterocycles. The Morgan fingerprint density at radius 2 is 1.62 bits per heavy atom. The zero-order chi connectivity index (χ0) is 19.1. The number of benzene rings is 2. The summed E-state index contributed by atoms with van der Waals surface area (Å²) in [5.74, 6) is 0.0508. The van der Waals surface area contributed by atoms with Crippen LogP contribution in [-0.2, 0) is 16.1 Å². The Morgan fingerprint density at radius 1 is 1.00 bits per heavy atom. The van der Waals surface area contributed by atoms with Crippen LogP contribution in [0.25, 0.3) is 0 Å². The fourth-order valence-electron chi connectivity index (χ4n) is 2.38. The zero-order valence-corrected chi connectivity index (χ0v) is 15.4. The second-order valence-corrected chi connectivity index (χ2v) is 5.85. The highest BCUT2D eigenvalue weighted by Gasteiger charge is 2.16. The third-order valence-electron chi connectivity index (χ3n) is 4.01. The van der Waals surface area contributed by atoms with E-state index in [9.17, 15) is 9.59 Å². The van der Waals surface area contributed by atoms with Crippen molar-refractivity contribution in [2.24, 2.45) is 0 Å². The van der Waals surface area contributed by atoms with Crippen molar-refractivity contribution in [1.82, 2.24) is 4.90 Å². The van der Waals surface area contributed by atoms with Gasteiger partial charge in [0.1, 0.15) is 11.5 Å². The number of hydrogen-bond donors (Lipinski definition) is 0. The molecule has 0 saturated heterocycles. The van der Waals surface area contributed by atoms with Crippen LogP contribution in [0, 0.1) is 6.92 Å². The molecule has 6 heteroatoms. The number of esters is 1. The topological polar surface area (TPSA) is 65.1 Å². The molecule has 2 rings (SSSR count). The fourth-order valence-corrected chi connectivity index (χ4v) is 2.38. The maximum absolute atomic E-state index is 12.2. The van der Waals surface area contributed by atoms with Gasteiger partial charge in [0, 0.05) is 19.7 Å². The number of amides is 1. The molecule has 138 valence electrons. The molecule has 2 aromatic rings. The molecule has 2 aromatic carbocycles. The summed E-state index contributed by atoms with van der Waals surface area (Å²) in [4.78, 5) is 26.0. The Balaban J connectivity index is 1.96. The van der Waals surface area contributed by atoms with Crippen LogP contribution in [0.5, 0.6) is 11.5 Å². The number of carbonyl (C=O) groups excluding carboxylic acids is 2. The SMILES string of the molecule is COc1cc(OC)cc(C(=O)OCC(=O)N(C)Cc2ccccc2C)c1. The summed E-state index contributed by atoms with van der Waals surface area (Å²) in [7, 11) is 4.67. The van der Waals surface area contributed by atoms with Crippen molar-refractivity contribution in [3.8, 4) is 11.5 Å². The van der Waals surface area contributed by atoms with Crippen molar-refractivity contribution in [2.75, 3.05) is 27.9 Å². The van der Waals surface area contributed by atoms with Crippen LogP contribution in [0.15, 0.2) is 42.5 Å². The van der Waals surface area contributed by atoms with Gasteiger partial charge in [0.2, 0.25) is 0 Å². The maximum atomic E-state index is 12.2. The molecule has 0 saturated carbocycles. The third kappa shape index (κ3) is 4.99. The van der Waals surface area contributed by atoms with E-state index in [0.717, 1.165) is 11.1 Å². The summed E-state index contributed by atoms with van der Waals surface area (Å²) in [6, 6.07) is 12.6. The van der Waals surface area contributed by atoms with Gasteiger partial charge in [-0.05, 0) is 30.2 Å². The molecular formula is C20H23NO5. The fraction of sp³-hybridized carbons (Fsp3) is 0.300. The van der Waals surface area contributed by atoms with Crippen LogP contribution in [0.1, 0.15) is 21.5 Å². The quantitative estimate of drug-likeness (QED) is 0.713. The molecule has 0 aliphatic rings. The minimum atomic E-state index is -0.611. The highest BCUT2D eigenvalue weighted by atomic mass is 16.5. The average Bonchev–Trinajstić information content (AvgIpc) is 2.66. The number of aryl methyl sites for hydroxylation is 1. The molecule has 0 aliphatic carbocycles. The van der Waals surface area contributed by atoms with Gasteiger partial charge in [-0.1, -0.05) is 24.3 Å². The van der Waals surface area contributed by atoms with Crippen LogP contribution in [0.3, 0.4) is 0 Å². The third-order valence-corrected chi connectivity index (χ3v) is 4.01. The lowest BCUT2D eigenvalue weighted by Gasteiger charge is -2.18. The van der Waals surface area contributed by atoms with Gasteiger partial charge in [0.25, 0.3) is 5.91 Å². The van der Waals surface area contributed by atoms with Gasteiger partial charge in [0.15, 0.2) is 6.61 Å². The molecule has 0 atom stereocenters. The van der Waals surface area contributed by atoms with E-state index >= 15 is 0 Å². The summed E-state index contributed by atoms with van der Waals surface area (Å²) in [5, 5.41) is 0. The summed E-state index contributed by atoms with van der Waals surface area (Å²) in [5.41, 5.74) is 2.41. The van der Waals surface area contributed by atoms with Crippen molar-refractivity contribution in [1.29, 1.82) is 0 Å². The molecule has 26 heavy (non-hydrogen) atoms. The largest absolute Gasteiger partial charge is 0.497 e. The van der Waals surface area contributed by atoms with Gasteiger partial charge in [-0.2, -0.15) is 0 Å². The van der Waals surface area contributed by atoms with Crippen LogP contribution < -0.4 is 9.47 Å². The molecule has 0 radical (unpaired) electrons. The number of hydrogen-bond acceptors (Lipinski definition) is 5. The molecule has 6 nitrogen and oxygen atoms in total. The van der Waals surface area contributed by atoms with Gasteiger partial charge >= 0.3 is 5.97 Å². The molecule has 0 spiro atoms. The first-order valence-corrected chi connectivity index (χ1v) is 8.13. The Morgan fingerprint density at radius 3 is 2.19 bits per heavy atom. The second-order valence-electron chi connectivity index (χ2n) is 5.85. The Bertz CT molecular complexity index is 765. The van der Waals surface area contributed by atoms with Crippen LogP contribution in [-0.4, -0.2) is 44.7 Å². The number of rotatable bonds is 7. The van der Waals surface area contributed by atoms with E-state index in [0.29, 0.717) is 18.0 Å². The van der Waals surface area contributed by atoms with Gasteiger partial charge in [0.05, 0.1) is 19.8 Å². The number of carbonyl (C=O) groups is 2. The normalized spacial score (nSPS) is 10.2. The highest BCUT2D eigenvalue weighted by molar-refractivity contribution is 5.92. The first-order valence-electron chi connectivity index (χ1n) is 8.13. The van der Waals surface area contributed by atoms with Crippen LogP contribution in [0.4, 0.5) is 0 Å². The molecule has 0 aliphatic heterocycles. The first-order chi connectivity index (χ1) is 12.4. The molecule has 1 amide bonds. The summed E-state index contributed by atoms with van der Waals surface area (Å²) in [6.45, 7) is 2.11. The standard InChI is InChI=1S/C20H23NO5/c1-14-7-5-6-8-15(14)12-21(2)19(22)13-26-20(23)16-9-17(24-3)11-18(10-16)25-4/h5-11H,12-13H2,1-4H3. The first kappa shape index (κ1) is 19.3. The highest BCUT2D eigenvalue weighted by Crippen LogP contribution is 2.23. The monoisotopic (exact) mass is 357 g/mol. The Kier molecular flexibility index (Phi) is 6.60. The number of methoxy groups -OCH3 is 2. The molecular weight excluding hydrogens is 334 g/mol. The smallest absolute Gasteiger partial charge is 0.338 e. The van der Waals surface area contributed by atoms with E-state index in [1.165, 1.54) is 31.3 Å². The van der Waals surface area contributed by atoms with Gasteiger partial charge in [-0.3, -0.25) is 4.79 Å². The Hall–Kier alpha value is -3.02. The minimum absolute atomic E-state index is 0.260. The van der Waals surface area contributed by atoms with Crippen LogP contribution >= 0.6 is 0 Å². The summed E-state index contributed by atoms with van der Waals surface area (Å²) >= 11 is 0. The van der Waals surface area contributed by atoms with Gasteiger partial charge in [-0.15, -0.1) is 0 Å². The lowest BCUT2D eigenvalue weighted by atomic mass is 10.1. The Labute approximate surface area is 153 Å². The number of likely N-dealkylation sites (N-methyl/N-ethyl adjacent to an activating group) is 1. The summed E-state index contributed by atoms with van der Waals surface area (Å²) < 4.78 is 15.4. The molecule has 0 unspecified atom stereocenters. The zero-order valence-electron chi connectivity index (χ0n) is 15.4. The van der Waals surface area contributed by atoms with Crippen LogP contribution in [0.2, 0.25) is 0 Å². The second kappa shape index (κ2) is 8.89. The molecule has 0 N–H and O–H groups in total. The van der Waals surface area contributed by atoms with Crippen molar-refractivity contribution in [2.45, 2.75) is 13.5 Å². The lowest BCUT2D eigenvalue weighted by Crippen LogP contribution is -2.31. The minimum Gasteiger partial charge on any atom is -0.497 e. The van der Waals surface area contributed by atoms with Crippen molar-refractivity contribution in [3.63, 3.8) is 0 Å². The van der Waals surface area contributed by atoms with Crippen molar-refractivity contribution >= 4 is 11.9 Å². The van der Waals surface area contributed by atoms with Crippen molar-refractivity contribution < 1.29 is 23.8 Å². The van der Waals surface area contributed by atoms with Gasteiger partial charge in [-0.25, -0.2) is 4.79 Å². The summed E-state index contributed by atoms with van der Waals surface area (Å²) in [6.07, 6.45) is 0. The van der Waals surface area contributed by atoms with E-state index in [4.69, 9.17) is 14.2 Å². The average molecular weight is 357 g/mol. The molecule has 0 bridgehead atoms. The number of nitrogens with zero attached hydrogens (tertiary/aromatic N) is 1. The van der Waals surface area contributed by atoms with Crippen molar-refractivity contribution in [3.05, 3.63) is 59.2 Å². The van der Waals surface area contributed by atoms with E-state index in [1.807, 2.05) is 31.2 Å². The predicted molar refractivity (Wildman–Crippen MR) is 97.5 cm³/mol. The predicted octanol–water partition coefficient (Wildman–Crippen LogP) is 2.83. The van der Waals surface area contributed by atoms with E-state index in [2.05, 4.69) is 0 Å². The number of ether oxygens (including phenoxy) is 3. The molecule has 0 heterocycles. The molecule has 0 fully saturated rings. The maximum Gasteiger partial charge on any atom is 0.338 e. The van der Waals surface area contributed by atoms with E-state index in [-0.39, 0.29) is 18.1 Å². The van der Waals surface area contributed by atoms with Gasteiger partial charge < -0.3 is 19.1 Å².